The molecule has 0 amide bonds. The number of likely N-dealkylation sites (N-methyl/N-ethyl adjacent to an activating group) is 1. The monoisotopic (exact) mass is 450 g/mol. The van der Waals surface area contributed by atoms with Gasteiger partial charge in [0.2, 0.25) is 5.95 Å². The molecule has 0 atom stereocenters. The van der Waals surface area contributed by atoms with Crippen molar-refractivity contribution in [2.75, 3.05) is 55.4 Å². The quantitative estimate of drug-likeness (QED) is 0.522. The van der Waals surface area contributed by atoms with Crippen LogP contribution in [0.1, 0.15) is 17.3 Å². The van der Waals surface area contributed by atoms with Crippen LogP contribution in [0.4, 0.5) is 33.2 Å². The summed E-state index contributed by atoms with van der Waals surface area (Å²) in [4.78, 5) is 25.2. The standard InChI is InChI=1S/C24H27FN6O2/c1-3-33-23(32)19-9-4-5-10-21(19)28-22-20(25)16-26-24(29-22)27-17-7-6-8-18(15-17)31-13-11-30(2)12-14-31/h4-10,15-16H,3,11-14H2,1-2H3,(H2,26,27,28,29). The zero-order chi connectivity index (χ0) is 23.2. The molecule has 1 aromatic heterocycles. The lowest BCUT2D eigenvalue weighted by Crippen LogP contribution is -2.44. The first kappa shape index (κ1) is 22.5. The summed E-state index contributed by atoms with van der Waals surface area (Å²) in [5.41, 5.74) is 2.61. The lowest BCUT2D eigenvalue weighted by molar-refractivity contribution is 0.0527. The Kier molecular flexibility index (Phi) is 6.99. The maximum atomic E-state index is 14.5. The Bertz CT molecular complexity index is 1120. The summed E-state index contributed by atoms with van der Waals surface area (Å²) in [6, 6.07) is 14.7. The van der Waals surface area contributed by atoms with E-state index in [0.29, 0.717) is 11.3 Å². The molecule has 3 aromatic rings. The van der Waals surface area contributed by atoms with Gasteiger partial charge in [-0.05, 0) is 44.3 Å². The van der Waals surface area contributed by atoms with Crippen LogP contribution in [0.15, 0.2) is 54.7 Å². The number of benzene rings is 2. The number of halogens is 1. The molecule has 0 bridgehead atoms. The van der Waals surface area contributed by atoms with Crippen LogP contribution >= 0.6 is 0 Å². The van der Waals surface area contributed by atoms with Crippen molar-refractivity contribution < 1.29 is 13.9 Å². The number of para-hydroxylation sites is 1. The molecule has 9 heteroatoms. The summed E-state index contributed by atoms with van der Waals surface area (Å²) in [5, 5.41) is 6.04. The molecule has 0 radical (unpaired) electrons. The average molecular weight is 451 g/mol. The summed E-state index contributed by atoms with van der Waals surface area (Å²) < 4.78 is 19.6. The number of hydrogen-bond donors (Lipinski definition) is 2. The van der Waals surface area contributed by atoms with Gasteiger partial charge >= 0.3 is 5.97 Å². The van der Waals surface area contributed by atoms with Gasteiger partial charge in [-0.1, -0.05) is 18.2 Å². The van der Waals surface area contributed by atoms with Gasteiger partial charge in [0.1, 0.15) is 0 Å². The van der Waals surface area contributed by atoms with Crippen molar-refractivity contribution in [3.63, 3.8) is 0 Å². The van der Waals surface area contributed by atoms with E-state index < -0.39 is 11.8 Å². The number of piperazine rings is 1. The van der Waals surface area contributed by atoms with Gasteiger partial charge in [0.25, 0.3) is 0 Å². The normalized spacial score (nSPS) is 14.1. The summed E-state index contributed by atoms with van der Waals surface area (Å²) in [7, 11) is 2.12. The molecule has 4 rings (SSSR count). The van der Waals surface area contributed by atoms with Crippen LogP contribution in [0.25, 0.3) is 0 Å². The minimum Gasteiger partial charge on any atom is -0.462 e. The van der Waals surface area contributed by atoms with Crippen LogP contribution in [0.5, 0.6) is 0 Å². The third kappa shape index (κ3) is 5.56. The van der Waals surface area contributed by atoms with Crippen LogP contribution in [-0.4, -0.2) is 60.7 Å². The van der Waals surface area contributed by atoms with E-state index >= 15 is 0 Å². The van der Waals surface area contributed by atoms with Crippen LogP contribution in [0.2, 0.25) is 0 Å². The fourth-order valence-corrected chi connectivity index (χ4v) is 3.60. The molecule has 0 unspecified atom stereocenters. The van der Waals surface area contributed by atoms with E-state index in [0.717, 1.165) is 43.8 Å². The van der Waals surface area contributed by atoms with E-state index in [1.807, 2.05) is 18.2 Å². The van der Waals surface area contributed by atoms with E-state index in [9.17, 15) is 9.18 Å². The highest BCUT2D eigenvalue weighted by atomic mass is 19.1. The number of carbonyl (C=O) groups excluding carboxylic acids is 1. The summed E-state index contributed by atoms with van der Waals surface area (Å²) >= 11 is 0. The number of esters is 1. The van der Waals surface area contributed by atoms with E-state index in [2.05, 4.69) is 43.5 Å². The molecule has 0 saturated carbocycles. The molecule has 1 fully saturated rings. The van der Waals surface area contributed by atoms with Crippen molar-refractivity contribution in [2.45, 2.75) is 6.92 Å². The fourth-order valence-electron chi connectivity index (χ4n) is 3.60. The topological polar surface area (TPSA) is 82.6 Å². The molecule has 2 aromatic carbocycles. The first-order chi connectivity index (χ1) is 16.0. The van der Waals surface area contributed by atoms with Crippen LogP contribution in [-0.2, 0) is 4.74 Å². The van der Waals surface area contributed by atoms with Gasteiger partial charge in [-0.15, -0.1) is 0 Å². The molecule has 8 nitrogen and oxygen atoms in total. The maximum absolute atomic E-state index is 14.5. The molecular formula is C24H27FN6O2. The van der Waals surface area contributed by atoms with Crippen molar-refractivity contribution in [1.82, 2.24) is 14.9 Å². The number of carbonyl (C=O) groups is 1. The Morgan fingerprint density at radius 2 is 1.88 bits per heavy atom. The predicted molar refractivity (Wildman–Crippen MR) is 127 cm³/mol. The van der Waals surface area contributed by atoms with Gasteiger partial charge in [0, 0.05) is 37.6 Å². The molecule has 2 heterocycles. The first-order valence-corrected chi connectivity index (χ1v) is 10.9. The summed E-state index contributed by atoms with van der Waals surface area (Å²) in [6.45, 7) is 5.93. The first-order valence-electron chi connectivity index (χ1n) is 10.9. The van der Waals surface area contributed by atoms with Gasteiger partial charge in [0.05, 0.1) is 24.1 Å². The Hall–Kier alpha value is -3.72. The highest BCUT2D eigenvalue weighted by molar-refractivity contribution is 5.96. The number of nitrogens with one attached hydrogen (secondary N) is 2. The Morgan fingerprint density at radius 1 is 1.09 bits per heavy atom. The number of rotatable bonds is 7. The third-order valence-electron chi connectivity index (χ3n) is 5.39. The van der Waals surface area contributed by atoms with Crippen LogP contribution in [0, 0.1) is 5.82 Å². The highest BCUT2D eigenvalue weighted by Gasteiger charge is 2.16. The number of nitrogens with zero attached hydrogens (tertiary/aromatic N) is 4. The van der Waals surface area contributed by atoms with Crippen molar-refractivity contribution >= 4 is 34.8 Å². The lowest BCUT2D eigenvalue weighted by Gasteiger charge is -2.34. The predicted octanol–water partition coefficient (Wildman–Crippen LogP) is 4.03. The highest BCUT2D eigenvalue weighted by Crippen LogP contribution is 2.25. The van der Waals surface area contributed by atoms with Gasteiger partial charge in [0.15, 0.2) is 11.6 Å². The van der Waals surface area contributed by atoms with E-state index in [-0.39, 0.29) is 18.4 Å². The fraction of sp³-hybridized carbons (Fsp3) is 0.292. The second kappa shape index (κ2) is 10.3. The molecule has 0 spiro atoms. The minimum absolute atomic E-state index is 0.0422. The van der Waals surface area contributed by atoms with Crippen molar-refractivity contribution in [3.05, 3.63) is 66.1 Å². The number of hydrogen-bond acceptors (Lipinski definition) is 8. The third-order valence-corrected chi connectivity index (χ3v) is 5.39. The number of anilines is 5. The molecule has 0 aliphatic carbocycles. The molecule has 1 aliphatic rings. The Labute approximate surface area is 192 Å². The lowest BCUT2D eigenvalue weighted by atomic mass is 10.2. The van der Waals surface area contributed by atoms with Crippen molar-refractivity contribution in [2.24, 2.45) is 0 Å². The molecule has 33 heavy (non-hydrogen) atoms. The molecule has 1 saturated heterocycles. The smallest absolute Gasteiger partial charge is 0.340 e. The average Bonchev–Trinajstić information content (AvgIpc) is 2.82. The minimum atomic E-state index is -0.634. The van der Waals surface area contributed by atoms with Crippen molar-refractivity contribution in [1.29, 1.82) is 0 Å². The summed E-state index contributed by atoms with van der Waals surface area (Å²) in [6.07, 6.45) is 1.09. The SMILES string of the molecule is CCOC(=O)c1ccccc1Nc1nc(Nc2cccc(N3CCN(C)CC3)c2)ncc1F. The van der Waals surface area contributed by atoms with Crippen LogP contribution in [0.3, 0.4) is 0 Å². The van der Waals surface area contributed by atoms with E-state index in [1.54, 1.807) is 31.2 Å². The number of aromatic nitrogens is 2. The molecular weight excluding hydrogens is 423 g/mol. The molecule has 1 aliphatic heterocycles. The van der Waals surface area contributed by atoms with Gasteiger partial charge in [-0.2, -0.15) is 4.98 Å². The number of ether oxygens (including phenoxy) is 1. The van der Waals surface area contributed by atoms with Gasteiger partial charge in [-0.3, -0.25) is 0 Å². The van der Waals surface area contributed by atoms with Crippen molar-refractivity contribution in [3.8, 4) is 0 Å². The second-order valence-corrected chi connectivity index (χ2v) is 7.75. The Balaban J connectivity index is 1.52. The molecule has 172 valence electrons. The molecule has 2 N–H and O–H groups in total. The zero-order valence-electron chi connectivity index (χ0n) is 18.7. The van der Waals surface area contributed by atoms with E-state index in [4.69, 9.17) is 4.74 Å². The Morgan fingerprint density at radius 3 is 2.67 bits per heavy atom. The second-order valence-electron chi connectivity index (χ2n) is 7.75. The maximum Gasteiger partial charge on any atom is 0.340 e. The van der Waals surface area contributed by atoms with Gasteiger partial charge in [-0.25, -0.2) is 14.2 Å². The zero-order valence-corrected chi connectivity index (χ0v) is 18.7. The van der Waals surface area contributed by atoms with E-state index in [1.165, 1.54) is 0 Å². The largest absolute Gasteiger partial charge is 0.462 e. The summed E-state index contributed by atoms with van der Waals surface area (Å²) in [5.74, 6) is -0.929. The van der Waals surface area contributed by atoms with Gasteiger partial charge < -0.3 is 25.2 Å². The van der Waals surface area contributed by atoms with Crippen LogP contribution < -0.4 is 15.5 Å².